The van der Waals surface area contributed by atoms with Gasteiger partial charge in [0, 0.05) is 19.5 Å². The summed E-state index contributed by atoms with van der Waals surface area (Å²) in [7, 11) is 0. The monoisotopic (exact) mass is 339 g/mol. The Labute approximate surface area is 146 Å². The van der Waals surface area contributed by atoms with Crippen LogP contribution in [0.5, 0.6) is 0 Å². The third-order valence-corrected chi connectivity index (χ3v) is 4.79. The highest BCUT2D eigenvalue weighted by molar-refractivity contribution is 5.70. The Balaban J connectivity index is 1.73. The first-order valence-corrected chi connectivity index (χ1v) is 9.07. The van der Waals surface area contributed by atoms with Crippen LogP contribution in [0.4, 0.5) is 4.79 Å². The van der Waals surface area contributed by atoms with Gasteiger partial charge in [0.1, 0.15) is 11.2 Å². The second-order valence-corrected chi connectivity index (χ2v) is 9.53. The molecule has 0 N–H and O–H groups in total. The predicted molar refractivity (Wildman–Crippen MR) is 92.7 cm³/mol. The maximum absolute atomic E-state index is 12.1. The Morgan fingerprint density at radius 2 is 1.46 bits per heavy atom. The second kappa shape index (κ2) is 6.57. The summed E-state index contributed by atoms with van der Waals surface area (Å²) in [5, 5.41) is 0. The van der Waals surface area contributed by atoms with E-state index in [0.717, 1.165) is 38.8 Å². The molecule has 1 amide bonds. The number of nitrogens with zero attached hydrogens (tertiary/aromatic N) is 1. The molecule has 1 spiro atoms. The standard InChI is InChI=1S/C19H33NO4/c1-17(2,3)23-15(21)11-14-12-19(13-14)7-9-20(10-8-19)16(22)24-18(4,5)6/h14H,7-13H2,1-6H3. The average molecular weight is 339 g/mol. The molecule has 0 radical (unpaired) electrons. The van der Waals surface area contributed by atoms with Crippen molar-refractivity contribution in [1.82, 2.24) is 4.90 Å². The molecule has 1 aliphatic carbocycles. The summed E-state index contributed by atoms with van der Waals surface area (Å²) in [6, 6.07) is 0. The first kappa shape index (κ1) is 19.1. The summed E-state index contributed by atoms with van der Waals surface area (Å²) >= 11 is 0. The number of hydrogen-bond acceptors (Lipinski definition) is 4. The van der Waals surface area contributed by atoms with Crippen LogP contribution in [0.15, 0.2) is 0 Å². The van der Waals surface area contributed by atoms with Crippen LogP contribution in [0.2, 0.25) is 0 Å². The van der Waals surface area contributed by atoms with Crippen molar-refractivity contribution in [2.75, 3.05) is 13.1 Å². The van der Waals surface area contributed by atoms with Crippen molar-refractivity contribution in [3.8, 4) is 0 Å². The number of piperidine rings is 1. The maximum Gasteiger partial charge on any atom is 0.410 e. The first-order valence-electron chi connectivity index (χ1n) is 9.07. The van der Waals surface area contributed by atoms with Crippen LogP contribution in [0.25, 0.3) is 0 Å². The molecular formula is C19H33NO4. The summed E-state index contributed by atoms with van der Waals surface area (Å²) in [5.41, 5.74) is -0.524. The lowest BCUT2D eigenvalue weighted by Crippen LogP contribution is -2.50. The van der Waals surface area contributed by atoms with Gasteiger partial charge in [-0.15, -0.1) is 0 Å². The first-order chi connectivity index (χ1) is 10.9. The summed E-state index contributed by atoms with van der Waals surface area (Å²) in [6.07, 6.45) is 4.49. The number of likely N-dealkylation sites (tertiary alicyclic amines) is 1. The molecule has 0 aromatic rings. The van der Waals surface area contributed by atoms with E-state index in [-0.39, 0.29) is 12.1 Å². The highest BCUT2D eigenvalue weighted by atomic mass is 16.6. The van der Waals surface area contributed by atoms with Crippen molar-refractivity contribution < 1.29 is 19.1 Å². The topological polar surface area (TPSA) is 55.8 Å². The number of carbonyl (C=O) groups is 2. The van der Waals surface area contributed by atoms with Crippen LogP contribution in [0.3, 0.4) is 0 Å². The van der Waals surface area contributed by atoms with Crippen LogP contribution in [-0.4, -0.2) is 41.3 Å². The number of amides is 1. The molecule has 2 rings (SSSR count). The van der Waals surface area contributed by atoms with Crippen molar-refractivity contribution in [2.45, 2.75) is 84.8 Å². The maximum atomic E-state index is 12.1. The van der Waals surface area contributed by atoms with E-state index in [9.17, 15) is 9.59 Å². The average Bonchev–Trinajstić information content (AvgIpc) is 2.33. The third-order valence-electron chi connectivity index (χ3n) is 4.79. The molecule has 2 fully saturated rings. The molecule has 0 unspecified atom stereocenters. The van der Waals surface area contributed by atoms with Gasteiger partial charge in [-0.1, -0.05) is 0 Å². The molecule has 0 aromatic carbocycles. The number of esters is 1. The fourth-order valence-corrected chi connectivity index (χ4v) is 3.83. The molecule has 2 aliphatic rings. The van der Waals surface area contributed by atoms with E-state index in [0.29, 0.717) is 17.8 Å². The third kappa shape index (κ3) is 5.38. The van der Waals surface area contributed by atoms with E-state index >= 15 is 0 Å². The van der Waals surface area contributed by atoms with E-state index < -0.39 is 11.2 Å². The molecule has 5 heteroatoms. The van der Waals surface area contributed by atoms with E-state index in [1.807, 2.05) is 46.4 Å². The summed E-state index contributed by atoms with van der Waals surface area (Å²) in [6.45, 7) is 12.9. The van der Waals surface area contributed by atoms with Gasteiger partial charge in [0.05, 0.1) is 0 Å². The Morgan fingerprint density at radius 1 is 0.958 bits per heavy atom. The SMILES string of the molecule is CC(C)(C)OC(=O)CC1CC2(CCN(C(=O)OC(C)(C)C)CC2)C1. The van der Waals surface area contributed by atoms with E-state index in [1.165, 1.54) is 0 Å². The van der Waals surface area contributed by atoms with Gasteiger partial charge in [0.15, 0.2) is 0 Å². The van der Waals surface area contributed by atoms with Crippen LogP contribution >= 0.6 is 0 Å². The quantitative estimate of drug-likeness (QED) is 0.709. The van der Waals surface area contributed by atoms with Crippen LogP contribution in [-0.2, 0) is 14.3 Å². The molecule has 24 heavy (non-hydrogen) atoms. The number of carbonyl (C=O) groups excluding carboxylic acids is 2. The molecule has 1 saturated carbocycles. The number of ether oxygens (including phenoxy) is 2. The molecule has 138 valence electrons. The van der Waals surface area contributed by atoms with Crippen LogP contribution in [0, 0.1) is 11.3 Å². The highest BCUT2D eigenvalue weighted by Gasteiger charge is 2.47. The minimum atomic E-state index is -0.443. The fourth-order valence-electron chi connectivity index (χ4n) is 3.83. The van der Waals surface area contributed by atoms with Crippen molar-refractivity contribution in [3.05, 3.63) is 0 Å². The van der Waals surface area contributed by atoms with Crippen molar-refractivity contribution in [3.63, 3.8) is 0 Å². The zero-order valence-corrected chi connectivity index (χ0v) is 16.1. The molecule has 0 aromatic heterocycles. The van der Waals surface area contributed by atoms with Crippen molar-refractivity contribution in [1.29, 1.82) is 0 Å². The summed E-state index contributed by atoms with van der Waals surface area (Å²) in [4.78, 5) is 25.8. The Kier molecular flexibility index (Phi) is 5.22. The van der Waals surface area contributed by atoms with Gasteiger partial charge in [-0.2, -0.15) is 0 Å². The largest absolute Gasteiger partial charge is 0.460 e. The van der Waals surface area contributed by atoms with Gasteiger partial charge < -0.3 is 14.4 Å². The lowest BCUT2D eigenvalue weighted by atomic mass is 9.57. The normalized spacial score (nSPS) is 21.3. The fraction of sp³-hybridized carbons (Fsp3) is 0.895. The van der Waals surface area contributed by atoms with E-state index in [4.69, 9.17) is 9.47 Å². The Bertz CT molecular complexity index is 463. The number of hydrogen-bond donors (Lipinski definition) is 0. The zero-order valence-electron chi connectivity index (χ0n) is 16.1. The van der Waals surface area contributed by atoms with Crippen LogP contribution in [0.1, 0.15) is 73.6 Å². The van der Waals surface area contributed by atoms with Crippen molar-refractivity contribution in [2.24, 2.45) is 11.3 Å². The second-order valence-electron chi connectivity index (χ2n) is 9.53. The van der Waals surface area contributed by atoms with Crippen LogP contribution < -0.4 is 0 Å². The van der Waals surface area contributed by atoms with E-state index in [2.05, 4.69) is 0 Å². The van der Waals surface area contributed by atoms with Gasteiger partial charge in [0.2, 0.25) is 0 Å². The molecule has 1 aliphatic heterocycles. The molecule has 5 nitrogen and oxygen atoms in total. The van der Waals surface area contributed by atoms with Gasteiger partial charge in [-0.25, -0.2) is 4.79 Å². The Hall–Kier alpha value is -1.26. The van der Waals surface area contributed by atoms with Gasteiger partial charge in [0.25, 0.3) is 0 Å². The lowest BCUT2D eigenvalue weighted by molar-refractivity contribution is -0.158. The van der Waals surface area contributed by atoms with Gasteiger partial charge in [-0.05, 0) is 78.6 Å². The summed E-state index contributed by atoms with van der Waals surface area (Å²) in [5.74, 6) is 0.349. The van der Waals surface area contributed by atoms with Gasteiger partial charge in [-0.3, -0.25) is 4.79 Å². The number of rotatable bonds is 2. The molecule has 1 heterocycles. The Morgan fingerprint density at radius 3 is 1.92 bits per heavy atom. The predicted octanol–water partition coefficient (Wildman–Crippen LogP) is 4.15. The minimum absolute atomic E-state index is 0.0893. The molecule has 1 saturated heterocycles. The lowest BCUT2D eigenvalue weighted by Gasteiger charge is -2.52. The zero-order chi connectivity index (χ0) is 18.2. The molecule has 0 bridgehead atoms. The summed E-state index contributed by atoms with van der Waals surface area (Å²) < 4.78 is 10.8. The highest BCUT2D eigenvalue weighted by Crippen LogP contribution is 2.53. The van der Waals surface area contributed by atoms with Gasteiger partial charge >= 0.3 is 12.1 Å². The minimum Gasteiger partial charge on any atom is -0.460 e. The molecular weight excluding hydrogens is 306 g/mol. The smallest absolute Gasteiger partial charge is 0.410 e. The van der Waals surface area contributed by atoms with Crippen molar-refractivity contribution >= 4 is 12.1 Å². The molecule has 0 atom stereocenters. The van der Waals surface area contributed by atoms with E-state index in [1.54, 1.807) is 0 Å².